The molecule has 148 valence electrons. The molecule has 2 heterocycles. The first-order valence-electron chi connectivity index (χ1n) is 9.51. The van der Waals surface area contributed by atoms with Crippen LogP contribution >= 0.6 is 0 Å². The fourth-order valence-electron chi connectivity index (χ4n) is 2.91. The predicted molar refractivity (Wildman–Crippen MR) is 106 cm³/mol. The molecule has 0 bridgehead atoms. The summed E-state index contributed by atoms with van der Waals surface area (Å²) in [6.45, 7) is 6.96. The Labute approximate surface area is 165 Å². The van der Waals surface area contributed by atoms with Crippen LogP contribution in [0, 0.1) is 6.92 Å². The Morgan fingerprint density at radius 1 is 1.00 bits per heavy atom. The van der Waals surface area contributed by atoms with Crippen LogP contribution in [0.25, 0.3) is 0 Å². The van der Waals surface area contributed by atoms with E-state index in [1.807, 2.05) is 31.2 Å². The van der Waals surface area contributed by atoms with Crippen LogP contribution in [0.4, 0.5) is 0 Å². The highest BCUT2D eigenvalue weighted by Crippen LogP contribution is 2.04. The van der Waals surface area contributed by atoms with Crippen LogP contribution in [0.3, 0.4) is 0 Å². The Bertz CT molecular complexity index is 802. The van der Waals surface area contributed by atoms with Crippen LogP contribution in [-0.4, -0.2) is 61.1 Å². The Morgan fingerprint density at radius 3 is 2.32 bits per heavy atom. The van der Waals surface area contributed by atoms with E-state index in [1.165, 1.54) is 5.56 Å². The summed E-state index contributed by atoms with van der Waals surface area (Å²) in [6, 6.07) is 12.8. The van der Waals surface area contributed by atoms with E-state index in [-0.39, 0.29) is 23.2 Å². The second kappa shape index (κ2) is 9.96. The van der Waals surface area contributed by atoms with Gasteiger partial charge in [0.2, 0.25) is 0 Å². The number of benzene rings is 1. The lowest BCUT2D eigenvalue weighted by Crippen LogP contribution is -2.41. The number of hydrogen-bond donors (Lipinski definition) is 2. The van der Waals surface area contributed by atoms with Gasteiger partial charge in [-0.3, -0.25) is 14.5 Å². The topological polar surface area (TPSA) is 83.6 Å². The molecular weight excluding hydrogens is 356 g/mol. The van der Waals surface area contributed by atoms with E-state index in [0.717, 1.165) is 38.4 Å². The van der Waals surface area contributed by atoms with Crippen molar-refractivity contribution in [2.24, 2.45) is 0 Å². The van der Waals surface area contributed by atoms with Crippen molar-refractivity contribution in [2.75, 3.05) is 39.4 Å². The highest BCUT2D eigenvalue weighted by molar-refractivity contribution is 5.96. The summed E-state index contributed by atoms with van der Waals surface area (Å²) in [7, 11) is 0. The number of aryl methyl sites for hydroxylation is 1. The summed E-state index contributed by atoms with van der Waals surface area (Å²) in [4.78, 5) is 31.1. The van der Waals surface area contributed by atoms with E-state index in [1.54, 1.807) is 18.2 Å². The first-order valence-corrected chi connectivity index (χ1v) is 9.51. The van der Waals surface area contributed by atoms with Crippen LogP contribution in [0.2, 0.25) is 0 Å². The monoisotopic (exact) mass is 382 g/mol. The highest BCUT2D eigenvalue weighted by Gasteiger charge is 2.14. The second-order valence-electron chi connectivity index (χ2n) is 6.79. The van der Waals surface area contributed by atoms with Crippen molar-refractivity contribution >= 4 is 11.8 Å². The Balaban J connectivity index is 1.49. The molecule has 3 rings (SSSR count). The molecule has 0 unspecified atom stereocenters. The van der Waals surface area contributed by atoms with Gasteiger partial charge in [0, 0.05) is 32.7 Å². The normalized spacial score (nSPS) is 14.5. The first kappa shape index (κ1) is 20.0. The number of hydrogen-bond acceptors (Lipinski definition) is 5. The standard InChI is InChI=1S/C21H26N4O3/c1-16-5-7-17(8-6-16)15-23-21(27)19-4-2-3-18(24-19)20(26)22-9-10-25-11-13-28-14-12-25/h2-8H,9-15H2,1H3,(H,22,26)(H,23,27). The molecule has 7 heteroatoms. The molecule has 2 aromatic rings. The summed E-state index contributed by atoms with van der Waals surface area (Å²) < 4.78 is 5.31. The van der Waals surface area contributed by atoms with Gasteiger partial charge in [-0.05, 0) is 24.6 Å². The minimum absolute atomic E-state index is 0.230. The molecule has 1 aromatic carbocycles. The molecule has 7 nitrogen and oxygen atoms in total. The van der Waals surface area contributed by atoms with Crippen LogP contribution < -0.4 is 10.6 Å². The molecule has 1 aliphatic rings. The van der Waals surface area contributed by atoms with Crippen molar-refractivity contribution in [3.8, 4) is 0 Å². The van der Waals surface area contributed by atoms with Crippen LogP contribution in [0.15, 0.2) is 42.5 Å². The number of carbonyl (C=O) groups excluding carboxylic acids is 2. The number of nitrogens with zero attached hydrogens (tertiary/aromatic N) is 2. The molecule has 2 amide bonds. The predicted octanol–water partition coefficient (Wildman–Crippen LogP) is 1.38. The van der Waals surface area contributed by atoms with Crippen molar-refractivity contribution in [3.63, 3.8) is 0 Å². The largest absolute Gasteiger partial charge is 0.379 e. The summed E-state index contributed by atoms with van der Waals surface area (Å²) >= 11 is 0. The average Bonchev–Trinajstić information content (AvgIpc) is 2.74. The number of carbonyl (C=O) groups is 2. The maximum atomic E-state index is 12.4. The molecule has 1 aromatic heterocycles. The number of pyridine rings is 1. The number of aromatic nitrogens is 1. The van der Waals surface area contributed by atoms with E-state index in [4.69, 9.17) is 4.74 Å². The molecule has 0 aliphatic carbocycles. The van der Waals surface area contributed by atoms with Gasteiger partial charge in [-0.1, -0.05) is 35.9 Å². The molecule has 0 saturated carbocycles. The zero-order valence-corrected chi connectivity index (χ0v) is 16.1. The van der Waals surface area contributed by atoms with Gasteiger partial charge >= 0.3 is 0 Å². The number of morpholine rings is 1. The number of nitrogens with one attached hydrogen (secondary N) is 2. The van der Waals surface area contributed by atoms with E-state index in [0.29, 0.717) is 13.1 Å². The van der Waals surface area contributed by atoms with Crippen molar-refractivity contribution in [2.45, 2.75) is 13.5 Å². The van der Waals surface area contributed by atoms with Gasteiger partial charge in [-0.2, -0.15) is 0 Å². The third-order valence-electron chi connectivity index (χ3n) is 4.61. The molecule has 0 spiro atoms. The van der Waals surface area contributed by atoms with Gasteiger partial charge in [-0.25, -0.2) is 4.98 Å². The fraction of sp³-hybridized carbons (Fsp3) is 0.381. The van der Waals surface area contributed by atoms with Crippen molar-refractivity contribution in [1.82, 2.24) is 20.5 Å². The van der Waals surface area contributed by atoms with Crippen LogP contribution in [0.5, 0.6) is 0 Å². The highest BCUT2D eigenvalue weighted by atomic mass is 16.5. The lowest BCUT2D eigenvalue weighted by atomic mass is 10.1. The van der Waals surface area contributed by atoms with Crippen LogP contribution in [0.1, 0.15) is 32.1 Å². The summed E-state index contributed by atoms with van der Waals surface area (Å²) in [5.74, 6) is -0.579. The second-order valence-corrected chi connectivity index (χ2v) is 6.79. The average molecular weight is 382 g/mol. The van der Waals surface area contributed by atoms with E-state index >= 15 is 0 Å². The molecule has 2 N–H and O–H groups in total. The third kappa shape index (κ3) is 5.87. The maximum Gasteiger partial charge on any atom is 0.270 e. The van der Waals surface area contributed by atoms with Gasteiger partial charge in [-0.15, -0.1) is 0 Å². The van der Waals surface area contributed by atoms with Gasteiger partial charge in [0.05, 0.1) is 13.2 Å². The number of rotatable bonds is 7. The quantitative estimate of drug-likeness (QED) is 0.756. The molecule has 1 saturated heterocycles. The lowest BCUT2D eigenvalue weighted by Gasteiger charge is -2.26. The minimum atomic E-state index is -0.302. The zero-order valence-electron chi connectivity index (χ0n) is 16.1. The van der Waals surface area contributed by atoms with Crippen molar-refractivity contribution in [3.05, 3.63) is 65.0 Å². The van der Waals surface area contributed by atoms with Crippen molar-refractivity contribution in [1.29, 1.82) is 0 Å². The summed E-state index contributed by atoms with van der Waals surface area (Å²) in [5, 5.41) is 5.70. The Kier molecular flexibility index (Phi) is 7.11. The summed E-state index contributed by atoms with van der Waals surface area (Å²) in [6.07, 6.45) is 0. The van der Waals surface area contributed by atoms with E-state index in [9.17, 15) is 9.59 Å². The third-order valence-corrected chi connectivity index (χ3v) is 4.61. The SMILES string of the molecule is Cc1ccc(CNC(=O)c2cccc(C(=O)NCCN3CCOCC3)n2)cc1. The lowest BCUT2D eigenvalue weighted by molar-refractivity contribution is 0.0383. The summed E-state index contributed by atoms with van der Waals surface area (Å²) in [5.41, 5.74) is 2.65. The zero-order chi connectivity index (χ0) is 19.8. The Morgan fingerprint density at radius 2 is 1.64 bits per heavy atom. The maximum absolute atomic E-state index is 12.4. The number of amides is 2. The molecule has 28 heavy (non-hydrogen) atoms. The van der Waals surface area contributed by atoms with E-state index in [2.05, 4.69) is 20.5 Å². The first-order chi connectivity index (χ1) is 13.6. The molecule has 1 aliphatic heterocycles. The minimum Gasteiger partial charge on any atom is -0.379 e. The smallest absolute Gasteiger partial charge is 0.270 e. The van der Waals surface area contributed by atoms with Gasteiger partial charge < -0.3 is 15.4 Å². The molecule has 0 radical (unpaired) electrons. The van der Waals surface area contributed by atoms with Gasteiger partial charge in [0.1, 0.15) is 11.4 Å². The number of ether oxygens (including phenoxy) is 1. The molecule has 1 fully saturated rings. The molecule has 0 atom stereocenters. The molecular formula is C21H26N4O3. The van der Waals surface area contributed by atoms with Crippen LogP contribution in [-0.2, 0) is 11.3 Å². The fourth-order valence-corrected chi connectivity index (χ4v) is 2.91. The van der Waals surface area contributed by atoms with Gasteiger partial charge in [0.15, 0.2) is 0 Å². The van der Waals surface area contributed by atoms with Crippen molar-refractivity contribution < 1.29 is 14.3 Å². The van der Waals surface area contributed by atoms with E-state index < -0.39 is 0 Å². The Hall–Kier alpha value is -2.77. The van der Waals surface area contributed by atoms with Gasteiger partial charge in [0.25, 0.3) is 11.8 Å².